The van der Waals surface area contributed by atoms with Gasteiger partial charge in [-0.1, -0.05) is 18.2 Å². The Hall–Kier alpha value is -2.49. The monoisotopic (exact) mass is 297 g/mol. The zero-order chi connectivity index (χ0) is 15.5. The van der Waals surface area contributed by atoms with Crippen molar-refractivity contribution in [2.75, 3.05) is 11.4 Å². The predicted octanol–water partition coefficient (Wildman–Crippen LogP) is 3.38. The van der Waals surface area contributed by atoms with E-state index in [9.17, 15) is 14.0 Å². The van der Waals surface area contributed by atoms with Gasteiger partial charge in [-0.15, -0.1) is 0 Å². The summed E-state index contributed by atoms with van der Waals surface area (Å²) in [5.74, 6) is -0.553. The van der Waals surface area contributed by atoms with Crippen molar-refractivity contribution in [3.63, 3.8) is 0 Å². The summed E-state index contributed by atoms with van der Waals surface area (Å²) in [6.45, 7) is 0.670. The molecule has 1 heterocycles. The van der Waals surface area contributed by atoms with Crippen LogP contribution >= 0.6 is 0 Å². The van der Waals surface area contributed by atoms with Crippen LogP contribution in [0.1, 0.15) is 28.8 Å². The fraction of sp³-hybridized carbons (Fsp3) is 0.222. The number of carbonyl (C=O) groups is 2. The molecule has 112 valence electrons. The van der Waals surface area contributed by atoms with Gasteiger partial charge in [0.05, 0.1) is 0 Å². The Morgan fingerprint density at radius 1 is 1.00 bits per heavy atom. The fourth-order valence-corrected chi connectivity index (χ4v) is 2.73. The lowest BCUT2D eigenvalue weighted by Crippen LogP contribution is -2.29. The van der Waals surface area contributed by atoms with Crippen molar-refractivity contribution in [1.82, 2.24) is 0 Å². The number of fused-ring (bicyclic) bond motifs is 1. The van der Waals surface area contributed by atoms with Crippen molar-refractivity contribution < 1.29 is 14.0 Å². The summed E-state index contributed by atoms with van der Waals surface area (Å²) < 4.78 is 12.8. The molecular weight excluding hydrogens is 281 g/mol. The number of nitrogens with zero attached hydrogens (tertiary/aromatic N) is 1. The number of hydrogen-bond acceptors (Lipinski definition) is 2. The fourth-order valence-electron chi connectivity index (χ4n) is 2.73. The number of hydrogen-bond donors (Lipinski definition) is 0. The van der Waals surface area contributed by atoms with Gasteiger partial charge in [-0.25, -0.2) is 4.39 Å². The molecule has 1 aliphatic rings. The van der Waals surface area contributed by atoms with Gasteiger partial charge in [0.25, 0.3) is 0 Å². The number of amides is 1. The van der Waals surface area contributed by atoms with E-state index < -0.39 is 0 Å². The zero-order valence-electron chi connectivity index (χ0n) is 12.1. The van der Waals surface area contributed by atoms with Gasteiger partial charge >= 0.3 is 0 Å². The summed E-state index contributed by atoms with van der Waals surface area (Å²) in [5.41, 5.74) is 2.55. The number of para-hydroxylation sites is 1. The molecule has 3 rings (SSSR count). The van der Waals surface area contributed by atoms with Gasteiger partial charge < -0.3 is 4.90 Å². The van der Waals surface area contributed by atoms with Crippen molar-refractivity contribution in [2.24, 2.45) is 0 Å². The highest BCUT2D eigenvalue weighted by Gasteiger charge is 2.24. The molecule has 4 heteroatoms. The van der Waals surface area contributed by atoms with Crippen LogP contribution in [0.5, 0.6) is 0 Å². The molecule has 1 aliphatic heterocycles. The van der Waals surface area contributed by atoms with Gasteiger partial charge in [-0.2, -0.15) is 0 Å². The van der Waals surface area contributed by atoms with Crippen LogP contribution in [0.25, 0.3) is 0 Å². The number of ketones is 1. The smallest absolute Gasteiger partial charge is 0.227 e. The van der Waals surface area contributed by atoms with Crippen LogP contribution in [0.4, 0.5) is 10.1 Å². The van der Waals surface area contributed by atoms with E-state index >= 15 is 0 Å². The molecule has 0 atom stereocenters. The number of rotatable bonds is 4. The molecule has 0 bridgehead atoms. The molecule has 1 amide bonds. The lowest BCUT2D eigenvalue weighted by Gasteiger charge is -2.17. The summed E-state index contributed by atoms with van der Waals surface area (Å²) in [4.78, 5) is 26.1. The number of Topliss-reactive ketones (excluding diaryl/α,β-unsaturated/α-hetero) is 1. The topological polar surface area (TPSA) is 37.4 Å². The molecule has 0 saturated heterocycles. The normalized spacial score (nSPS) is 13.0. The molecule has 2 aromatic carbocycles. The van der Waals surface area contributed by atoms with Crippen LogP contribution < -0.4 is 4.90 Å². The molecule has 0 spiro atoms. The van der Waals surface area contributed by atoms with E-state index in [0.717, 1.165) is 12.1 Å². The van der Waals surface area contributed by atoms with Gasteiger partial charge in [0.2, 0.25) is 5.91 Å². The van der Waals surface area contributed by atoms with Crippen molar-refractivity contribution >= 4 is 17.4 Å². The van der Waals surface area contributed by atoms with E-state index in [2.05, 4.69) is 0 Å². The summed E-state index contributed by atoms with van der Waals surface area (Å²) in [6, 6.07) is 13.2. The van der Waals surface area contributed by atoms with Crippen LogP contribution in [0.15, 0.2) is 48.5 Å². The summed E-state index contributed by atoms with van der Waals surface area (Å²) >= 11 is 0. The molecule has 0 saturated carbocycles. The Labute approximate surface area is 128 Å². The maximum absolute atomic E-state index is 12.8. The molecule has 3 nitrogen and oxygen atoms in total. The third kappa shape index (κ3) is 2.91. The molecular formula is C18H16FNO2. The van der Waals surface area contributed by atoms with Crippen LogP contribution in [0.2, 0.25) is 0 Å². The van der Waals surface area contributed by atoms with E-state index in [1.165, 1.54) is 29.8 Å². The molecule has 0 aromatic heterocycles. The van der Waals surface area contributed by atoms with Crippen LogP contribution in [-0.4, -0.2) is 18.2 Å². The zero-order valence-corrected chi connectivity index (χ0v) is 12.1. The molecule has 0 radical (unpaired) electrons. The van der Waals surface area contributed by atoms with Crippen molar-refractivity contribution in [2.45, 2.75) is 19.3 Å². The lowest BCUT2D eigenvalue weighted by atomic mass is 10.1. The van der Waals surface area contributed by atoms with Crippen LogP contribution in [0.3, 0.4) is 0 Å². The van der Waals surface area contributed by atoms with Crippen molar-refractivity contribution in [3.05, 3.63) is 65.5 Å². The SMILES string of the molecule is O=C(CCC(=O)N1CCc2ccccc21)c1ccc(F)cc1. The van der Waals surface area contributed by atoms with Crippen molar-refractivity contribution in [3.8, 4) is 0 Å². The highest BCUT2D eigenvalue weighted by atomic mass is 19.1. The second-order valence-electron chi connectivity index (χ2n) is 5.35. The highest BCUT2D eigenvalue weighted by Crippen LogP contribution is 2.28. The first-order valence-corrected chi connectivity index (χ1v) is 7.32. The van der Waals surface area contributed by atoms with Gasteiger partial charge in [-0.05, 0) is 42.3 Å². The first-order valence-electron chi connectivity index (χ1n) is 7.32. The quantitative estimate of drug-likeness (QED) is 0.811. The van der Waals surface area contributed by atoms with Gasteiger partial charge in [0.1, 0.15) is 5.82 Å². The van der Waals surface area contributed by atoms with Crippen molar-refractivity contribution in [1.29, 1.82) is 0 Å². The maximum atomic E-state index is 12.8. The van der Waals surface area contributed by atoms with Crippen LogP contribution in [-0.2, 0) is 11.2 Å². The van der Waals surface area contributed by atoms with E-state index in [-0.39, 0.29) is 30.3 Å². The molecule has 22 heavy (non-hydrogen) atoms. The number of benzene rings is 2. The van der Waals surface area contributed by atoms with E-state index in [0.29, 0.717) is 12.1 Å². The first-order chi connectivity index (χ1) is 10.6. The Bertz CT molecular complexity index is 709. The van der Waals surface area contributed by atoms with Gasteiger partial charge in [0.15, 0.2) is 5.78 Å². The molecule has 0 N–H and O–H groups in total. The second-order valence-corrected chi connectivity index (χ2v) is 5.35. The summed E-state index contributed by atoms with van der Waals surface area (Å²) in [5, 5.41) is 0. The minimum Gasteiger partial charge on any atom is -0.312 e. The van der Waals surface area contributed by atoms with E-state index in [4.69, 9.17) is 0 Å². The molecule has 0 fully saturated rings. The average Bonchev–Trinajstić information content (AvgIpc) is 2.97. The molecule has 0 unspecified atom stereocenters. The van der Waals surface area contributed by atoms with Gasteiger partial charge in [-0.3, -0.25) is 9.59 Å². The first kappa shape index (κ1) is 14.4. The predicted molar refractivity (Wildman–Crippen MR) is 82.5 cm³/mol. The number of anilines is 1. The Morgan fingerprint density at radius 3 is 2.50 bits per heavy atom. The average molecular weight is 297 g/mol. The summed E-state index contributed by atoms with van der Waals surface area (Å²) in [6.07, 6.45) is 1.17. The van der Waals surface area contributed by atoms with Crippen LogP contribution in [0, 0.1) is 5.82 Å². The standard InChI is InChI=1S/C18H16FNO2/c19-15-7-5-14(6-8-15)17(21)9-10-18(22)20-12-11-13-3-1-2-4-16(13)20/h1-8H,9-12H2. The highest BCUT2D eigenvalue weighted by molar-refractivity contribution is 6.01. The molecule has 2 aromatic rings. The van der Waals surface area contributed by atoms with E-state index in [1.54, 1.807) is 4.90 Å². The third-order valence-corrected chi connectivity index (χ3v) is 3.92. The minimum atomic E-state index is -0.374. The molecule has 0 aliphatic carbocycles. The minimum absolute atomic E-state index is 0.0413. The Balaban J connectivity index is 1.61. The number of halogens is 1. The maximum Gasteiger partial charge on any atom is 0.227 e. The lowest BCUT2D eigenvalue weighted by molar-refractivity contribution is -0.118. The Kier molecular flexibility index (Phi) is 4.00. The largest absolute Gasteiger partial charge is 0.312 e. The second kappa shape index (κ2) is 6.10. The van der Waals surface area contributed by atoms with Gasteiger partial charge in [0, 0.05) is 30.6 Å². The third-order valence-electron chi connectivity index (χ3n) is 3.92. The summed E-state index contributed by atoms with van der Waals surface area (Å²) in [7, 11) is 0. The van der Waals surface area contributed by atoms with E-state index in [1.807, 2.05) is 24.3 Å². The number of carbonyl (C=O) groups excluding carboxylic acids is 2. The Morgan fingerprint density at radius 2 is 1.73 bits per heavy atom.